The van der Waals surface area contributed by atoms with Gasteiger partial charge in [0.1, 0.15) is 0 Å². The minimum absolute atomic E-state index is 0.00181. The van der Waals surface area contributed by atoms with E-state index < -0.39 is 0 Å². The normalized spacial score (nSPS) is 13.0. The number of carboxylic acid groups (broad SMARTS) is 1. The third kappa shape index (κ3) is 38.5. The Morgan fingerprint density at radius 3 is 1.22 bits per heavy atom. The maximum atomic E-state index is 12.4. The lowest BCUT2D eigenvalue weighted by atomic mass is 9.92. The highest BCUT2D eigenvalue weighted by Crippen LogP contribution is 2.23. The van der Waals surface area contributed by atoms with Gasteiger partial charge in [0, 0.05) is 19.4 Å². The summed E-state index contributed by atoms with van der Waals surface area (Å²) in [4.78, 5) is 35.7. The predicted molar refractivity (Wildman–Crippen MR) is 243 cm³/mol. The third-order valence-electron chi connectivity index (χ3n) is 12.2. The molecular weight excluding hydrogens is 727 g/mol. The van der Waals surface area contributed by atoms with Crippen LogP contribution in [0.5, 0.6) is 0 Å². The topological polar surface area (TPSA) is 102 Å². The van der Waals surface area contributed by atoms with Gasteiger partial charge in [0.15, 0.2) is 0 Å². The molecular formula is C50H97NO7. The number of ether oxygens (including phenoxy) is 3. The molecule has 1 rings (SSSR count). The average Bonchev–Trinajstić information content (AvgIpc) is 3.74. The summed E-state index contributed by atoms with van der Waals surface area (Å²) in [6, 6.07) is 0. The molecule has 8 heteroatoms. The molecule has 344 valence electrons. The van der Waals surface area contributed by atoms with Crippen LogP contribution in [0.15, 0.2) is 0 Å². The Morgan fingerprint density at radius 2 is 0.845 bits per heavy atom. The van der Waals surface area contributed by atoms with Crippen molar-refractivity contribution in [1.29, 1.82) is 0 Å². The van der Waals surface area contributed by atoms with Crippen LogP contribution in [0, 0.1) is 11.8 Å². The predicted octanol–water partition coefficient (Wildman–Crippen LogP) is 14.0. The number of esters is 2. The Labute approximate surface area is 359 Å². The molecule has 0 saturated carbocycles. The first kappa shape index (κ1) is 56.3. The Bertz CT molecular complexity index is 804. The van der Waals surface area contributed by atoms with Crippen molar-refractivity contribution in [2.75, 3.05) is 39.5 Å². The first-order valence-corrected chi connectivity index (χ1v) is 25.2. The number of carbonyl (C=O) groups is 3. The second-order valence-electron chi connectivity index (χ2n) is 17.5. The zero-order chi connectivity index (χ0) is 42.6. The van der Waals surface area contributed by atoms with Gasteiger partial charge in [-0.2, -0.15) is 0 Å². The van der Waals surface area contributed by atoms with Crippen LogP contribution in [0.25, 0.3) is 0 Å². The van der Waals surface area contributed by atoms with Gasteiger partial charge in [-0.3, -0.25) is 14.4 Å². The second kappa shape index (κ2) is 44.9. The number of hydrogen-bond acceptors (Lipinski definition) is 7. The highest BCUT2D eigenvalue weighted by molar-refractivity contribution is 5.69. The zero-order valence-corrected chi connectivity index (χ0v) is 38.9. The summed E-state index contributed by atoms with van der Waals surface area (Å²) in [5, 5.41) is 6.89. The number of rotatable bonds is 42. The Hall–Kier alpha value is -1.67. The van der Waals surface area contributed by atoms with E-state index in [4.69, 9.17) is 24.1 Å². The first-order valence-electron chi connectivity index (χ1n) is 25.2. The van der Waals surface area contributed by atoms with Gasteiger partial charge in [-0.05, 0) is 76.3 Å². The van der Waals surface area contributed by atoms with Gasteiger partial charge in [-0.1, -0.05) is 182 Å². The molecule has 1 heterocycles. The summed E-state index contributed by atoms with van der Waals surface area (Å²) in [6.45, 7) is 14.4. The van der Waals surface area contributed by atoms with Gasteiger partial charge >= 0.3 is 11.9 Å². The van der Waals surface area contributed by atoms with Crippen LogP contribution in [0.2, 0.25) is 0 Å². The van der Waals surface area contributed by atoms with Crippen LogP contribution in [0.4, 0.5) is 0 Å². The van der Waals surface area contributed by atoms with E-state index in [0.29, 0.717) is 44.0 Å². The molecule has 1 aliphatic heterocycles. The number of nitrogens with zero attached hydrogens (tertiary/aromatic N) is 1. The van der Waals surface area contributed by atoms with Crippen LogP contribution in [-0.2, 0) is 28.6 Å². The molecule has 0 aromatic rings. The molecule has 0 aliphatic carbocycles. The number of hydrogen-bond donors (Lipinski definition) is 1. The average molecular weight is 824 g/mol. The summed E-state index contributed by atoms with van der Waals surface area (Å²) in [5.74, 6) is 1.44. The summed E-state index contributed by atoms with van der Waals surface area (Å²) in [6.07, 6.45) is 40.6. The van der Waals surface area contributed by atoms with E-state index in [1.807, 2.05) is 0 Å². The molecule has 1 aliphatic rings. The lowest BCUT2D eigenvalue weighted by Gasteiger charge is -2.21. The molecule has 0 aromatic heterocycles. The van der Waals surface area contributed by atoms with Crippen LogP contribution >= 0.6 is 0 Å². The quantitative estimate of drug-likeness (QED) is 0.0369. The SMILES string of the molecule is CCCCCC(CCCCC)CCOC(=O)CCCCCCCC(CCCCCCCC(=O)OCCC(CCCCC)CCCCC)OCCN1CCCC1.O=CO. The fraction of sp³-hybridized carbons (Fsp3) is 0.940. The number of unbranched alkanes of at least 4 members (excludes halogenated alkanes) is 16. The Kier molecular flexibility index (Phi) is 43.6. The maximum Gasteiger partial charge on any atom is 0.305 e. The van der Waals surface area contributed by atoms with Gasteiger partial charge in [-0.15, -0.1) is 0 Å². The minimum atomic E-state index is -0.250. The number of likely N-dealkylation sites (tertiary alicyclic amines) is 1. The van der Waals surface area contributed by atoms with Crippen LogP contribution in [0.1, 0.15) is 246 Å². The molecule has 58 heavy (non-hydrogen) atoms. The van der Waals surface area contributed by atoms with Crippen molar-refractivity contribution in [3.8, 4) is 0 Å². The molecule has 0 amide bonds. The van der Waals surface area contributed by atoms with E-state index in [-0.39, 0.29) is 18.4 Å². The molecule has 0 unspecified atom stereocenters. The third-order valence-corrected chi connectivity index (χ3v) is 12.2. The molecule has 1 fully saturated rings. The van der Waals surface area contributed by atoms with Gasteiger partial charge < -0.3 is 24.2 Å². The van der Waals surface area contributed by atoms with E-state index in [9.17, 15) is 9.59 Å². The lowest BCUT2D eigenvalue weighted by molar-refractivity contribution is -0.145. The van der Waals surface area contributed by atoms with Crippen molar-refractivity contribution in [2.45, 2.75) is 252 Å². The highest BCUT2D eigenvalue weighted by atomic mass is 16.5. The molecule has 0 aromatic carbocycles. The summed E-state index contributed by atoms with van der Waals surface area (Å²) < 4.78 is 17.8. The molecule has 0 atom stereocenters. The van der Waals surface area contributed by atoms with Crippen LogP contribution in [0.3, 0.4) is 0 Å². The minimum Gasteiger partial charge on any atom is -0.483 e. The van der Waals surface area contributed by atoms with Crippen molar-refractivity contribution in [1.82, 2.24) is 4.90 Å². The van der Waals surface area contributed by atoms with E-state index in [1.165, 1.54) is 167 Å². The molecule has 8 nitrogen and oxygen atoms in total. The first-order chi connectivity index (χ1) is 28.4. The van der Waals surface area contributed by atoms with Crippen LogP contribution in [-0.4, -0.2) is 74.0 Å². The van der Waals surface area contributed by atoms with E-state index >= 15 is 0 Å². The smallest absolute Gasteiger partial charge is 0.305 e. The van der Waals surface area contributed by atoms with Crippen molar-refractivity contribution < 1.29 is 33.7 Å². The maximum absolute atomic E-state index is 12.4. The fourth-order valence-electron chi connectivity index (χ4n) is 8.43. The summed E-state index contributed by atoms with van der Waals surface area (Å²) >= 11 is 0. The van der Waals surface area contributed by atoms with Gasteiger partial charge in [-0.25, -0.2) is 0 Å². The summed E-state index contributed by atoms with van der Waals surface area (Å²) in [5.41, 5.74) is 0. The van der Waals surface area contributed by atoms with Crippen molar-refractivity contribution in [3.05, 3.63) is 0 Å². The Balaban J connectivity index is 0.0000105. The van der Waals surface area contributed by atoms with Crippen molar-refractivity contribution >= 4 is 18.4 Å². The number of carbonyl (C=O) groups excluding carboxylic acids is 2. The van der Waals surface area contributed by atoms with Crippen LogP contribution < -0.4 is 0 Å². The molecule has 1 saturated heterocycles. The van der Waals surface area contributed by atoms with Crippen molar-refractivity contribution in [3.63, 3.8) is 0 Å². The van der Waals surface area contributed by atoms with Crippen molar-refractivity contribution in [2.24, 2.45) is 11.8 Å². The van der Waals surface area contributed by atoms with E-state index in [0.717, 1.165) is 64.5 Å². The fourth-order valence-corrected chi connectivity index (χ4v) is 8.43. The Morgan fingerprint density at radius 1 is 0.500 bits per heavy atom. The van der Waals surface area contributed by atoms with Gasteiger partial charge in [0.05, 0.1) is 25.9 Å². The molecule has 0 radical (unpaired) electrons. The molecule has 0 spiro atoms. The monoisotopic (exact) mass is 824 g/mol. The largest absolute Gasteiger partial charge is 0.483 e. The summed E-state index contributed by atoms with van der Waals surface area (Å²) in [7, 11) is 0. The molecule has 1 N–H and O–H groups in total. The standard InChI is InChI=1S/C49H95NO5.CH2O2/c1-5-9-19-29-45(30-20-10-6-2)37-42-54-48(51)35-25-17-13-15-23-33-47(53-44-41-50-39-27-28-40-50)34-24-16-14-18-26-36-49(52)55-43-38-46(31-21-11-7-3)32-22-12-8-4;2-1-3/h45-47H,5-44H2,1-4H3;1H,(H,2,3). The lowest BCUT2D eigenvalue weighted by Crippen LogP contribution is -2.26. The van der Waals surface area contributed by atoms with E-state index in [2.05, 4.69) is 32.6 Å². The second-order valence-corrected chi connectivity index (χ2v) is 17.5. The van der Waals surface area contributed by atoms with Gasteiger partial charge in [0.2, 0.25) is 0 Å². The highest BCUT2D eigenvalue weighted by Gasteiger charge is 2.15. The van der Waals surface area contributed by atoms with E-state index in [1.54, 1.807) is 0 Å². The molecule has 0 bridgehead atoms. The zero-order valence-electron chi connectivity index (χ0n) is 38.9. The van der Waals surface area contributed by atoms with Gasteiger partial charge in [0.25, 0.3) is 6.47 Å².